The first-order valence-corrected chi connectivity index (χ1v) is 7.68. The van der Waals surface area contributed by atoms with E-state index < -0.39 is 0 Å². The van der Waals surface area contributed by atoms with Crippen molar-refractivity contribution < 1.29 is 4.79 Å². The maximum Gasteiger partial charge on any atom is 0.270 e. The molecule has 0 unspecified atom stereocenters. The fourth-order valence-corrected chi connectivity index (χ4v) is 2.04. The summed E-state index contributed by atoms with van der Waals surface area (Å²) in [5.74, 6) is 0.243. The highest BCUT2D eigenvalue weighted by Crippen LogP contribution is 2.18. The summed E-state index contributed by atoms with van der Waals surface area (Å²) in [6.45, 7) is 4.49. The molecule has 0 spiro atoms. The van der Waals surface area contributed by atoms with Crippen molar-refractivity contribution in [2.75, 3.05) is 30.9 Å². The van der Waals surface area contributed by atoms with Gasteiger partial charge in [0.2, 0.25) is 5.95 Å². The number of nitrogens with zero attached hydrogens (tertiary/aromatic N) is 3. The molecular weight excluding hydrogens is 290 g/mol. The van der Waals surface area contributed by atoms with Crippen LogP contribution in [0.1, 0.15) is 29.5 Å². The predicted octanol–water partition coefficient (Wildman–Crippen LogP) is 2.73. The highest BCUT2D eigenvalue weighted by Gasteiger charge is 2.10. The van der Waals surface area contributed by atoms with E-state index in [-0.39, 0.29) is 5.91 Å². The van der Waals surface area contributed by atoms with Crippen LogP contribution in [0.25, 0.3) is 0 Å². The summed E-state index contributed by atoms with van der Waals surface area (Å²) >= 11 is 0. The first-order valence-electron chi connectivity index (χ1n) is 7.68. The van der Waals surface area contributed by atoms with E-state index in [1.54, 1.807) is 6.07 Å². The Kier molecular flexibility index (Phi) is 5.51. The van der Waals surface area contributed by atoms with Crippen molar-refractivity contribution in [3.8, 4) is 0 Å². The molecule has 0 fully saturated rings. The van der Waals surface area contributed by atoms with Gasteiger partial charge in [-0.05, 0) is 43.7 Å². The molecule has 0 atom stereocenters. The maximum atomic E-state index is 12.0. The van der Waals surface area contributed by atoms with Gasteiger partial charge in [0, 0.05) is 37.7 Å². The average molecular weight is 313 g/mol. The first kappa shape index (κ1) is 16.7. The van der Waals surface area contributed by atoms with E-state index in [0.717, 1.165) is 23.5 Å². The Morgan fingerprint density at radius 3 is 2.48 bits per heavy atom. The Labute approximate surface area is 137 Å². The standard InChI is InChI=1S/C17H23N5O/c1-5-10-18-16(23)15-11-12(2)19-17(21-15)20-13-6-8-14(9-7-13)22(3)4/h6-9,11H,5,10H2,1-4H3,(H,18,23)(H,19,20,21). The van der Waals surface area contributed by atoms with Gasteiger partial charge in [-0.25, -0.2) is 9.97 Å². The summed E-state index contributed by atoms with van der Waals surface area (Å²) in [4.78, 5) is 22.7. The van der Waals surface area contributed by atoms with Crippen molar-refractivity contribution in [3.63, 3.8) is 0 Å². The summed E-state index contributed by atoms with van der Waals surface area (Å²) in [5.41, 5.74) is 3.11. The number of hydrogen-bond donors (Lipinski definition) is 2. The molecule has 0 saturated heterocycles. The number of amides is 1. The van der Waals surface area contributed by atoms with Crippen LogP contribution in [-0.2, 0) is 0 Å². The molecule has 6 heteroatoms. The second-order valence-corrected chi connectivity index (χ2v) is 5.54. The van der Waals surface area contributed by atoms with Gasteiger partial charge in [0.25, 0.3) is 5.91 Å². The minimum atomic E-state index is -0.177. The fraction of sp³-hybridized carbons (Fsp3) is 0.353. The molecule has 0 bridgehead atoms. The zero-order valence-electron chi connectivity index (χ0n) is 14.1. The van der Waals surface area contributed by atoms with Crippen LogP contribution in [0, 0.1) is 6.92 Å². The zero-order chi connectivity index (χ0) is 16.8. The maximum absolute atomic E-state index is 12.0. The van der Waals surface area contributed by atoms with Crippen LogP contribution in [0.5, 0.6) is 0 Å². The third-order valence-corrected chi connectivity index (χ3v) is 3.26. The lowest BCUT2D eigenvalue weighted by molar-refractivity contribution is 0.0948. The van der Waals surface area contributed by atoms with Crippen LogP contribution in [-0.4, -0.2) is 36.5 Å². The molecule has 2 N–H and O–H groups in total. The molecule has 0 aliphatic heterocycles. The Hall–Kier alpha value is -2.63. The van der Waals surface area contributed by atoms with Crippen molar-refractivity contribution in [3.05, 3.63) is 41.7 Å². The molecule has 23 heavy (non-hydrogen) atoms. The molecule has 2 rings (SSSR count). The van der Waals surface area contributed by atoms with Gasteiger partial charge in [-0.1, -0.05) is 6.92 Å². The van der Waals surface area contributed by atoms with Crippen LogP contribution in [0.3, 0.4) is 0 Å². The number of nitrogens with one attached hydrogen (secondary N) is 2. The molecule has 6 nitrogen and oxygen atoms in total. The highest BCUT2D eigenvalue weighted by molar-refractivity contribution is 5.92. The van der Waals surface area contributed by atoms with E-state index in [1.165, 1.54) is 0 Å². The van der Waals surface area contributed by atoms with E-state index in [4.69, 9.17) is 0 Å². The quantitative estimate of drug-likeness (QED) is 0.858. The van der Waals surface area contributed by atoms with E-state index in [2.05, 4.69) is 20.6 Å². The number of benzene rings is 1. The Balaban J connectivity index is 2.16. The normalized spacial score (nSPS) is 10.3. The average Bonchev–Trinajstić information content (AvgIpc) is 2.52. The third kappa shape index (κ3) is 4.67. The smallest absolute Gasteiger partial charge is 0.270 e. The summed E-state index contributed by atoms with van der Waals surface area (Å²) in [7, 11) is 3.99. The molecule has 1 amide bonds. The van der Waals surface area contributed by atoms with Crippen LogP contribution in [0.15, 0.2) is 30.3 Å². The molecule has 1 aromatic heterocycles. The summed E-state index contributed by atoms with van der Waals surface area (Å²) in [6.07, 6.45) is 0.888. The van der Waals surface area contributed by atoms with Gasteiger partial charge >= 0.3 is 0 Å². The van der Waals surface area contributed by atoms with Crippen LogP contribution in [0.2, 0.25) is 0 Å². The monoisotopic (exact) mass is 313 g/mol. The van der Waals surface area contributed by atoms with Gasteiger partial charge in [0.05, 0.1) is 0 Å². The number of carbonyl (C=O) groups is 1. The van der Waals surface area contributed by atoms with Crippen molar-refractivity contribution in [1.82, 2.24) is 15.3 Å². The molecular formula is C17H23N5O. The van der Waals surface area contributed by atoms with Crippen LogP contribution in [0.4, 0.5) is 17.3 Å². The fourth-order valence-electron chi connectivity index (χ4n) is 2.04. The van der Waals surface area contributed by atoms with Gasteiger partial charge in [0.15, 0.2) is 0 Å². The molecule has 2 aromatic rings. The van der Waals surface area contributed by atoms with E-state index in [0.29, 0.717) is 18.2 Å². The minimum absolute atomic E-state index is 0.177. The van der Waals surface area contributed by atoms with E-state index >= 15 is 0 Å². The van der Waals surface area contributed by atoms with Gasteiger partial charge in [-0.2, -0.15) is 0 Å². The summed E-state index contributed by atoms with van der Waals surface area (Å²) < 4.78 is 0. The lowest BCUT2D eigenvalue weighted by Gasteiger charge is -2.13. The highest BCUT2D eigenvalue weighted by atomic mass is 16.1. The van der Waals surface area contributed by atoms with Crippen LogP contribution >= 0.6 is 0 Å². The number of aryl methyl sites for hydroxylation is 1. The molecule has 0 aliphatic carbocycles. The number of hydrogen-bond acceptors (Lipinski definition) is 5. The zero-order valence-corrected chi connectivity index (χ0v) is 14.1. The summed E-state index contributed by atoms with van der Waals surface area (Å²) in [5, 5.41) is 5.97. The van der Waals surface area contributed by atoms with Gasteiger partial charge < -0.3 is 15.5 Å². The summed E-state index contributed by atoms with van der Waals surface area (Å²) in [6, 6.07) is 9.61. The lowest BCUT2D eigenvalue weighted by atomic mass is 10.2. The van der Waals surface area contributed by atoms with Crippen molar-refractivity contribution in [2.24, 2.45) is 0 Å². The molecule has 1 aromatic carbocycles. The minimum Gasteiger partial charge on any atom is -0.378 e. The van der Waals surface area contributed by atoms with E-state index in [9.17, 15) is 4.79 Å². The molecule has 122 valence electrons. The lowest BCUT2D eigenvalue weighted by Crippen LogP contribution is -2.25. The third-order valence-electron chi connectivity index (χ3n) is 3.26. The molecule has 0 saturated carbocycles. The molecule has 1 heterocycles. The second-order valence-electron chi connectivity index (χ2n) is 5.54. The number of carbonyl (C=O) groups excluding carboxylic acids is 1. The largest absolute Gasteiger partial charge is 0.378 e. The van der Waals surface area contributed by atoms with Crippen molar-refractivity contribution in [1.29, 1.82) is 0 Å². The van der Waals surface area contributed by atoms with Gasteiger partial charge in [0.1, 0.15) is 5.69 Å². The number of aromatic nitrogens is 2. The number of rotatable bonds is 6. The van der Waals surface area contributed by atoms with Crippen molar-refractivity contribution >= 4 is 23.2 Å². The molecule has 0 aliphatic rings. The van der Waals surface area contributed by atoms with E-state index in [1.807, 2.05) is 57.1 Å². The molecule has 0 radical (unpaired) electrons. The van der Waals surface area contributed by atoms with Gasteiger partial charge in [-0.15, -0.1) is 0 Å². The topological polar surface area (TPSA) is 70.2 Å². The SMILES string of the molecule is CCCNC(=O)c1cc(C)nc(Nc2ccc(N(C)C)cc2)n1. The number of anilines is 3. The van der Waals surface area contributed by atoms with Gasteiger partial charge in [-0.3, -0.25) is 4.79 Å². The Morgan fingerprint density at radius 2 is 1.87 bits per heavy atom. The van der Waals surface area contributed by atoms with Crippen LogP contribution < -0.4 is 15.5 Å². The Morgan fingerprint density at radius 1 is 1.17 bits per heavy atom. The Bertz CT molecular complexity index is 667. The van der Waals surface area contributed by atoms with Crippen molar-refractivity contribution in [2.45, 2.75) is 20.3 Å². The first-order chi connectivity index (χ1) is 11.0. The predicted molar refractivity (Wildman–Crippen MR) is 93.4 cm³/mol. The second kappa shape index (κ2) is 7.58.